The first kappa shape index (κ1) is 12.0. The first-order chi connectivity index (χ1) is 7.58. The zero-order valence-electron chi connectivity index (χ0n) is 8.33. The van der Waals surface area contributed by atoms with Gasteiger partial charge in [0.15, 0.2) is 5.78 Å². The number of thiazole rings is 1. The fraction of sp³-hybridized carbons (Fsp3) is 0.0909. The topological polar surface area (TPSA) is 30.0 Å². The van der Waals surface area contributed by atoms with Crippen molar-refractivity contribution in [3.63, 3.8) is 0 Å². The van der Waals surface area contributed by atoms with Crippen LogP contribution in [0.15, 0.2) is 33.3 Å². The van der Waals surface area contributed by atoms with E-state index in [1.54, 1.807) is 13.1 Å². The van der Waals surface area contributed by atoms with Gasteiger partial charge in [-0.25, -0.2) is 4.98 Å². The van der Waals surface area contributed by atoms with Crippen molar-refractivity contribution in [1.29, 1.82) is 0 Å². The maximum atomic E-state index is 11.2. The zero-order chi connectivity index (χ0) is 11.7. The highest BCUT2D eigenvalue weighted by Gasteiger charge is 2.08. The molecule has 2 aromatic rings. The number of hydrogen-bond donors (Lipinski definition) is 0. The summed E-state index contributed by atoms with van der Waals surface area (Å²) >= 11 is 8.27. The predicted octanol–water partition coefficient (Wildman–Crippen LogP) is 4.54. The van der Waals surface area contributed by atoms with E-state index in [-0.39, 0.29) is 5.78 Å². The van der Waals surface area contributed by atoms with Crippen LogP contribution in [0.3, 0.4) is 0 Å². The largest absolute Gasteiger partial charge is 0.294 e. The second kappa shape index (κ2) is 4.77. The van der Waals surface area contributed by atoms with Crippen molar-refractivity contribution in [2.75, 3.05) is 0 Å². The van der Waals surface area contributed by atoms with Gasteiger partial charge in [-0.1, -0.05) is 6.07 Å². The summed E-state index contributed by atoms with van der Waals surface area (Å²) in [5.74, 6) is 0.0555. The molecule has 0 atom stereocenters. The average molecular weight is 361 g/mol. The lowest BCUT2D eigenvalue weighted by Crippen LogP contribution is -1.83. The number of benzene rings is 1. The van der Waals surface area contributed by atoms with Gasteiger partial charge >= 0.3 is 0 Å². The third-order valence-electron chi connectivity index (χ3n) is 2.02. The van der Waals surface area contributed by atoms with Crippen molar-refractivity contribution < 1.29 is 4.79 Å². The number of ketones is 1. The van der Waals surface area contributed by atoms with Crippen LogP contribution in [0.5, 0.6) is 0 Å². The molecule has 0 fully saturated rings. The van der Waals surface area contributed by atoms with Gasteiger partial charge in [-0.15, -0.1) is 11.3 Å². The van der Waals surface area contributed by atoms with Crippen molar-refractivity contribution >= 4 is 49.0 Å². The minimum atomic E-state index is 0.0555. The molecule has 1 heterocycles. The lowest BCUT2D eigenvalue weighted by molar-refractivity contribution is 0.102. The van der Waals surface area contributed by atoms with Gasteiger partial charge in [0.05, 0.1) is 4.88 Å². The molecule has 1 aromatic carbocycles. The van der Waals surface area contributed by atoms with Crippen molar-refractivity contribution in [3.05, 3.63) is 38.2 Å². The molecule has 0 unspecified atom stereocenters. The number of aromatic nitrogens is 1. The average Bonchev–Trinajstić information content (AvgIpc) is 2.71. The number of rotatable bonds is 2. The molecular weight excluding hydrogens is 354 g/mol. The smallest absolute Gasteiger partial charge is 0.171 e. The van der Waals surface area contributed by atoms with E-state index in [9.17, 15) is 4.79 Å². The quantitative estimate of drug-likeness (QED) is 0.736. The van der Waals surface area contributed by atoms with E-state index in [0.717, 1.165) is 19.5 Å². The van der Waals surface area contributed by atoms with Gasteiger partial charge < -0.3 is 0 Å². The molecule has 2 nitrogen and oxygen atoms in total. The van der Waals surface area contributed by atoms with Gasteiger partial charge in [-0.05, 0) is 44.0 Å². The molecule has 0 amide bonds. The Hall–Kier alpha value is -0.520. The molecular formula is C11H7Br2NOS. The second-order valence-corrected chi connectivity index (χ2v) is 5.95. The summed E-state index contributed by atoms with van der Waals surface area (Å²) in [6, 6.07) is 5.90. The molecule has 0 bridgehead atoms. The molecule has 0 aliphatic heterocycles. The summed E-state index contributed by atoms with van der Waals surface area (Å²) < 4.78 is 1.98. The van der Waals surface area contributed by atoms with Crippen LogP contribution in [0.2, 0.25) is 0 Å². The standard InChI is InChI=1S/C11H7Br2NOS/c1-6(15)10-5-14-11(16-10)7-2-3-8(12)9(13)4-7/h2-5H,1H3. The summed E-state index contributed by atoms with van der Waals surface area (Å²) in [7, 11) is 0. The highest BCUT2D eigenvalue weighted by Crippen LogP contribution is 2.31. The molecule has 1 aromatic heterocycles. The molecule has 0 saturated carbocycles. The van der Waals surface area contributed by atoms with Crippen molar-refractivity contribution in [3.8, 4) is 10.6 Å². The molecule has 0 N–H and O–H groups in total. The highest BCUT2D eigenvalue weighted by atomic mass is 79.9. The number of carbonyl (C=O) groups is 1. The minimum absolute atomic E-state index is 0.0555. The Morgan fingerprint density at radius 3 is 2.62 bits per heavy atom. The predicted molar refractivity (Wildman–Crippen MR) is 73.0 cm³/mol. The summed E-state index contributed by atoms with van der Waals surface area (Å²) in [6.07, 6.45) is 1.62. The summed E-state index contributed by atoms with van der Waals surface area (Å²) in [4.78, 5) is 16.1. The molecule has 2 rings (SSSR count). The van der Waals surface area contributed by atoms with E-state index < -0.39 is 0 Å². The van der Waals surface area contributed by atoms with Crippen LogP contribution in [-0.2, 0) is 0 Å². The Labute approximate surface area is 114 Å². The lowest BCUT2D eigenvalue weighted by atomic mass is 10.2. The molecule has 82 valence electrons. The maximum Gasteiger partial charge on any atom is 0.171 e. The molecule has 0 aliphatic carbocycles. The summed E-state index contributed by atoms with van der Waals surface area (Å²) in [6.45, 7) is 1.55. The Kier molecular flexibility index (Phi) is 3.56. The van der Waals surface area contributed by atoms with Crippen molar-refractivity contribution in [2.45, 2.75) is 6.92 Å². The fourth-order valence-electron chi connectivity index (χ4n) is 1.20. The molecule has 0 spiro atoms. The maximum absolute atomic E-state index is 11.2. The van der Waals surface area contributed by atoms with E-state index in [1.165, 1.54) is 11.3 Å². The summed E-state index contributed by atoms with van der Waals surface area (Å²) in [5.41, 5.74) is 1.01. The van der Waals surface area contributed by atoms with Crippen LogP contribution >= 0.6 is 43.2 Å². The minimum Gasteiger partial charge on any atom is -0.294 e. The first-order valence-electron chi connectivity index (χ1n) is 4.50. The van der Waals surface area contributed by atoms with Crippen LogP contribution in [0.1, 0.15) is 16.6 Å². The van der Waals surface area contributed by atoms with Gasteiger partial charge in [-0.2, -0.15) is 0 Å². The van der Waals surface area contributed by atoms with E-state index >= 15 is 0 Å². The normalized spacial score (nSPS) is 10.4. The SMILES string of the molecule is CC(=O)c1cnc(-c2ccc(Br)c(Br)c2)s1. The van der Waals surface area contributed by atoms with Gasteiger partial charge in [0.1, 0.15) is 5.01 Å². The van der Waals surface area contributed by atoms with E-state index in [4.69, 9.17) is 0 Å². The number of carbonyl (C=O) groups excluding carboxylic acids is 1. The van der Waals surface area contributed by atoms with Gasteiger partial charge in [-0.3, -0.25) is 4.79 Å². The Morgan fingerprint density at radius 2 is 2.06 bits per heavy atom. The second-order valence-electron chi connectivity index (χ2n) is 3.21. The molecule has 0 radical (unpaired) electrons. The monoisotopic (exact) mass is 359 g/mol. The molecule has 0 aliphatic rings. The zero-order valence-corrected chi connectivity index (χ0v) is 12.3. The van der Waals surface area contributed by atoms with Gasteiger partial charge in [0.2, 0.25) is 0 Å². The van der Waals surface area contributed by atoms with E-state index in [1.807, 2.05) is 18.2 Å². The van der Waals surface area contributed by atoms with Crippen LogP contribution < -0.4 is 0 Å². The van der Waals surface area contributed by atoms with E-state index in [2.05, 4.69) is 36.8 Å². The fourth-order valence-corrected chi connectivity index (χ4v) is 2.63. The van der Waals surface area contributed by atoms with E-state index in [0.29, 0.717) is 4.88 Å². The molecule has 5 heteroatoms. The van der Waals surface area contributed by atoms with Crippen LogP contribution in [0.25, 0.3) is 10.6 Å². The molecule has 16 heavy (non-hydrogen) atoms. The lowest BCUT2D eigenvalue weighted by Gasteiger charge is -1.99. The highest BCUT2D eigenvalue weighted by molar-refractivity contribution is 9.13. The van der Waals surface area contributed by atoms with Gasteiger partial charge in [0, 0.05) is 27.6 Å². The number of Topliss-reactive ketones (excluding diaryl/α,β-unsaturated/α-hetero) is 1. The van der Waals surface area contributed by atoms with Crippen LogP contribution in [0.4, 0.5) is 0 Å². The number of hydrogen-bond acceptors (Lipinski definition) is 3. The Bertz CT molecular complexity index is 551. The Balaban J connectivity index is 2.42. The van der Waals surface area contributed by atoms with Crippen molar-refractivity contribution in [2.24, 2.45) is 0 Å². The third kappa shape index (κ3) is 2.42. The Morgan fingerprint density at radius 1 is 1.31 bits per heavy atom. The summed E-state index contributed by atoms with van der Waals surface area (Å²) in [5, 5.41) is 0.860. The number of halogens is 2. The van der Waals surface area contributed by atoms with Crippen LogP contribution in [0, 0.1) is 0 Å². The first-order valence-corrected chi connectivity index (χ1v) is 6.90. The van der Waals surface area contributed by atoms with Gasteiger partial charge in [0.25, 0.3) is 0 Å². The molecule has 0 saturated heterocycles. The third-order valence-corrected chi connectivity index (χ3v) is 5.05. The van der Waals surface area contributed by atoms with Crippen LogP contribution in [-0.4, -0.2) is 10.8 Å². The van der Waals surface area contributed by atoms with Crippen molar-refractivity contribution in [1.82, 2.24) is 4.98 Å². The number of nitrogens with zero attached hydrogens (tertiary/aromatic N) is 1.